The van der Waals surface area contributed by atoms with Crippen molar-refractivity contribution in [2.75, 3.05) is 13.7 Å². The Bertz CT molecular complexity index is 374. The number of benzene rings is 1. The van der Waals surface area contributed by atoms with Crippen LogP contribution in [-0.4, -0.2) is 25.9 Å². The zero-order chi connectivity index (χ0) is 13.7. The summed E-state index contributed by atoms with van der Waals surface area (Å²) in [5, 5.41) is 0. The number of hydrogen-bond acceptors (Lipinski definition) is 3. The van der Waals surface area contributed by atoms with Gasteiger partial charge in [-0.2, -0.15) is 0 Å². The third-order valence-corrected chi connectivity index (χ3v) is 2.34. The first kappa shape index (κ1) is 14.9. The monoisotopic (exact) mass is 259 g/mol. The van der Waals surface area contributed by atoms with Crippen LogP contribution in [0.1, 0.15) is 19.4 Å². The van der Waals surface area contributed by atoms with Gasteiger partial charge in [0.15, 0.2) is 17.4 Å². The van der Waals surface area contributed by atoms with Gasteiger partial charge >= 0.3 is 0 Å². The van der Waals surface area contributed by atoms with E-state index < -0.39 is 17.7 Å². The average Bonchev–Trinajstić information content (AvgIpc) is 2.23. The molecule has 0 saturated carbocycles. The summed E-state index contributed by atoms with van der Waals surface area (Å²) in [5.74, 6) is -1.80. The lowest BCUT2D eigenvalue weighted by atomic mass is 10.1. The lowest BCUT2D eigenvalue weighted by molar-refractivity contribution is 0.0862. The number of rotatable bonds is 6. The topological polar surface area (TPSA) is 44.5 Å². The predicted octanol–water partition coefficient (Wildman–Crippen LogP) is 2.27. The summed E-state index contributed by atoms with van der Waals surface area (Å²) in [7, 11) is 1.50. The van der Waals surface area contributed by atoms with Gasteiger partial charge in [0.05, 0.1) is 6.61 Å². The highest BCUT2D eigenvalue weighted by atomic mass is 19.1. The molecule has 18 heavy (non-hydrogen) atoms. The van der Waals surface area contributed by atoms with Gasteiger partial charge in [0.25, 0.3) is 0 Å². The maximum absolute atomic E-state index is 13.7. The van der Waals surface area contributed by atoms with Crippen molar-refractivity contribution in [3.63, 3.8) is 0 Å². The maximum atomic E-state index is 13.7. The van der Waals surface area contributed by atoms with E-state index in [2.05, 4.69) is 0 Å². The van der Waals surface area contributed by atoms with Gasteiger partial charge < -0.3 is 15.2 Å². The molecule has 2 atom stereocenters. The fraction of sp³-hybridized carbons (Fsp3) is 0.538. The molecule has 0 fully saturated rings. The van der Waals surface area contributed by atoms with Crippen LogP contribution < -0.4 is 10.5 Å². The highest BCUT2D eigenvalue weighted by Crippen LogP contribution is 2.25. The molecule has 1 rings (SSSR count). The van der Waals surface area contributed by atoms with E-state index in [0.717, 1.165) is 0 Å². The first-order valence-corrected chi connectivity index (χ1v) is 5.83. The molecular formula is C13H19F2NO2. The number of halogens is 2. The molecule has 0 spiro atoms. The minimum atomic E-state index is -0.714. The summed E-state index contributed by atoms with van der Waals surface area (Å²) in [6.07, 6.45) is 0.000140. The Morgan fingerprint density at radius 2 is 1.78 bits per heavy atom. The molecule has 102 valence electrons. The Labute approximate surface area is 106 Å². The zero-order valence-corrected chi connectivity index (χ0v) is 10.9. The van der Waals surface area contributed by atoms with E-state index in [0.29, 0.717) is 12.0 Å². The minimum absolute atomic E-state index is 0.150. The minimum Gasteiger partial charge on any atom is -0.482 e. The standard InChI is InChI=1S/C13H19F2NO2/c1-8(16)4-10-5-11(14)13(12(15)6-10)18-9(2)7-17-3/h5-6,8-9H,4,7,16H2,1-3H3. The van der Waals surface area contributed by atoms with Crippen molar-refractivity contribution in [3.8, 4) is 5.75 Å². The van der Waals surface area contributed by atoms with E-state index in [1.165, 1.54) is 19.2 Å². The van der Waals surface area contributed by atoms with Crippen LogP contribution in [0.25, 0.3) is 0 Å². The Kier molecular flexibility index (Phi) is 5.50. The van der Waals surface area contributed by atoms with E-state index in [1.54, 1.807) is 13.8 Å². The van der Waals surface area contributed by atoms with Crippen LogP contribution in [0.3, 0.4) is 0 Å². The van der Waals surface area contributed by atoms with Crippen LogP contribution in [0.15, 0.2) is 12.1 Å². The molecule has 1 aromatic carbocycles. The second-order valence-corrected chi connectivity index (χ2v) is 4.45. The van der Waals surface area contributed by atoms with Crippen LogP contribution in [0.4, 0.5) is 8.78 Å². The van der Waals surface area contributed by atoms with Crippen molar-refractivity contribution in [1.82, 2.24) is 0 Å². The van der Waals surface area contributed by atoms with Crippen molar-refractivity contribution in [1.29, 1.82) is 0 Å². The van der Waals surface area contributed by atoms with Crippen molar-refractivity contribution in [3.05, 3.63) is 29.3 Å². The number of ether oxygens (including phenoxy) is 2. The first-order valence-electron chi connectivity index (χ1n) is 5.83. The van der Waals surface area contributed by atoms with Gasteiger partial charge in [0.2, 0.25) is 0 Å². The van der Waals surface area contributed by atoms with Crippen LogP contribution in [0.2, 0.25) is 0 Å². The molecule has 2 N–H and O–H groups in total. The highest BCUT2D eigenvalue weighted by molar-refractivity contribution is 5.32. The number of nitrogens with two attached hydrogens (primary N) is 1. The third kappa shape index (κ3) is 4.23. The SMILES string of the molecule is COCC(C)Oc1c(F)cc(CC(C)N)cc1F. The summed E-state index contributed by atoms with van der Waals surface area (Å²) in [6, 6.07) is 2.35. The molecule has 0 amide bonds. The van der Waals surface area contributed by atoms with Crippen molar-refractivity contribution < 1.29 is 18.3 Å². The van der Waals surface area contributed by atoms with Gasteiger partial charge in [0, 0.05) is 13.2 Å². The highest BCUT2D eigenvalue weighted by Gasteiger charge is 2.16. The van der Waals surface area contributed by atoms with E-state index >= 15 is 0 Å². The smallest absolute Gasteiger partial charge is 0.191 e. The van der Waals surface area contributed by atoms with Crippen LogP contribution in [0, 0.1) is 11.6 Å². The van der Waals surface area contributed by atoms with Crippen LogP contribution >= 0.6 is 0 Å². The van der Waals surface area contributed by atoms with E-state index in [-0.39, 0.29) is 18.4 Å². The first-order chi connectivity index (χ1) is 8.43. The lowest BCUT2D eigenvalue weighted by Gasteiger charge is -2.16. The molecule has 3 nitrogen and oxygen atoms in total. The molecule has 0 aliphatic heterocycles. The largest absolute Gasteiger partial charge is 0.482 e. The molecule has 2 unspecified atom stereocenters. The summed E-state index contributed by atoms with van der Waals surface area (Å²) >= 11 is 0. The van der Waals surface area contributed by atoms with Gasteiger partial charge in [-0.05, 0) is 38.0 Å². The van der Waals surface area contributed by atoms with Crippen LogP contribution in [-0.2, 0) is 11.2 Å². The van der Waals surface area contributed by atoms with Crippen molar-refractivity contribution >= 4 is 0 Å². The van der Waals surface area contributed by atoms with E-state index in [1.807, 2.05) is 0 Å². The van der Waals surface area contributed by atoms with E-state index in [4.69, 9.17) is 15.2 Å². The molecule has 0 aliphatic rings. The number of methoxy groups -OCH3 is 1. The quantitative estimate of drug-likeness (QED) is 0.852. The summed E-state index contributed by atoms with van der Waals surface area (Å²) < 4.78 is 37.4. The van der Waals surface area contributed by atoms with Crippen molar-refractivity contribution in [2.24, 2.45) is 5.73 Å². The average molecular weight is 259 g/mol. The summed E-state index contributed by atoms with van der Waals surface area (Å²) in [4.78, 5) is 0. The predicted molar refractivity (Wildman–Crippen MR) is 65.7 cm³/mol. The number of hydrogen-bond donors (Lipinski definition) is 1. The molecule has 0 aliphatic carbocycles. The molecule has 1 aromatic rings. The molecule has 5 heteroatoms. The van der Waals surface area contributed by atoms with Gasteiger partial charge in [-0.15, -0.1) is 0 Å². The Hall–Kier alpha value is -1.20. The second-order valence-electron chi connectivity index (χ2n) is 4.45. The molecule has 0 saturated heterocycles. The Morgan fingerprint density at radius 3 is 2.22 bits per heavy atom. The lowest BCUT2D eigenvalue weighted by Crippen LogP contribution is -2.20. The van der Waals surface area contributed by atoms with Crippen molar-refractivity contribution in [2.45, 2.75) is 32.4 Å². The molecule has 0 heterocycles. The van der Waals surface area contributed by atoms with Gasteiger partial charge in [-0.25, -0.2) is 8.78 Å². The molecular weight excluding hydrogens is 240 g/mol. The van der Waals surface area contributed by atoms with E-state index in [9.17, 15) is 8.78 Å². The zero-order valence-electron chi connectivity index (χ0n) is 10.9. The molecule has 0 aromatic heterocycles. The third-order valence-electron chi connectivity index (χ3n) is 2.34. The molecule has 0 bridgehead atoms. The summed E-state index contributed by atoms with van der Waals surface area (Å²) in [5.41, 5.74) is 6.11. The Morgan fingerprint density at radius 1 is 1.22 bits per heavy atom. The normalized spacial score (nSPS) is 14.3. The van der Waals surface area contributed by atoms with Crippen LogP contribution in [0.5, 0.6) is 5.75 Å². The fourth-order valence-electron chi connectivity index (χ4n) is 1.68. The summed E-state index contributed by atoms with van der Waals surface area (Å²) in [6.45, 7) is 3.72. The van der Waals surface area contributed by atoms with Gasteiger partial charge in [0.1, 0.15) is 6.10 Å². The van der Waals surface area contributed by atoms with Gasteiger partial charge in [-0.3, -0.25) is 0 Å². The fourth-order valence-corrected chi connectivity index (χ4v) is 1.68. The molecule has 0 radical (unpaired) electrons. The van der Waals surface area contributed by atoms with Gasteiger partial charge in [-0.1, -0.05) is 0 Å². The maximum Gasteiger partial charge on any atom is 0.191 e. The Balaban J connectivity index is 2.87. The second kappa shape index (κ2) is 6.66.